The molecule has 1 aromatic carbocycles. The number of benzene rings is 1. The van der Waals surface area contributed by atoms with Crippen molar-refractivity contribution in [3.8, 4) is 0 Å². The molecule has 0 bridgehead atoms. The van der Waals surface area contributed by atoms with E-state index in [0.29, 0.717) is 31.7 Å². The van der Waals surface area contributed by atoms with Crippen LogP contribution in [0.3, 0.4) is 0 Å². The van der Waals surface area contributed by atoms with Crippen LogP contribution in [-0.4, -0.2) is 37.5 Å². The number of carbonyl (C=O) groups is 1. The van der Waals surface area contributed by atoms with Gasteiger partial charge in [0.25, 0.3) is 0 Å². The van der Waals surface area contributed by atoms with Crippen LogP contribution >= 0.6 is 0 Å². The standard InChI is InChI=1S/C15H23FN2O3/c1-11-4-5-13(10-14(11)16)12(2)18-15(20)17-6-3-8-21-9-7-19/h4-5,10,12,19H,3,6-9H2,1-2H3,(H2,17,18,20). The third-order valence-corrected chi connectivity index (χ3v) is 3.03. The summed E-state index contributed by atoms with van der Waals surface area (Å²) in [6.07, 6.45) is 0.668. The molecule has 0 saturated heterocycles. The fourth-order valence-electron chi connectivity index (χ4n) is 1.75. The summed E-state index contributed by atoms with van der Waals surface area (Å²) in [6, 6.07) is 4.35. The number of amides is 2. The second-order valence-electron chi connectivity index (χ2n) is 4.82. The average Bonchev–Trinajstić information content (AvgIpc) is 2.45. The van der Waals surface area contributed by atoms with E-state index in [9.17, 15) is 9.18 Å². The van der Waals surface area contributed by atoms with Gasteiger partial charge in [-0.1, -0.05) is 12.1 Å². The van der Waals surface area contributed by atoms with Crippen LogP contribution in [0.2, 0.25) is 0 Å². The van der Waals surface area contributed by atoms with Crippen molar-refractivity contribution in [1.29, 1.82) is 0 Å². The minimum atomic E-state index is -0.300. The van der Waals surface area contributed by atoms with Crippen LogP contribution in [0.4, 0.5) is 9.18 Å². The molecule has 0 radical (unpaired) electrons. The maximum atomic E-state index is 13.5. The van der Waals surface area contributed by atoms with Crippen molar-refractivity contribution in [3.05, 3.63) is 35.1 Å². The topological polar surface area (TPSA) is 70.6 Å². The molecule has 0 saturated carbocycles. The molecule has 1 rings (SSSR count). The number of hydrogen-bond acceptors (Lipinski definition) is 3. The molecular formula is C15H23FN2O3. The van der Waals surface area contributed by atoms with Crippen molar-refractivity contribution in [2.75, 3.05) is 26.4 Å². The van der Waals surface area contributed by atoms with Gasteiger partial charge < -0.3 is 20.5 Å². The molecule has 1 unspecified atom stereocenters. The molecule has 118 valence electrons. The highest BCUT2D eigenvalue weighted by atomic mass is 19.1. The summed E-state index contributed by atoms with van der Waals surface area (Å²) in [4.78, 5) is 11.7. The van der Waals surface area contributed by atoms with Crippen LogP contribution < -0.4 is 10.6 Å². The summed E-state index contributed by atoms with van der Waals surface area (Å²) in [7, 11) is 0. The first-order valence-electron chi connectivity index (χ1n) is 7.03. The van der Waals surface area contributed by atoms with Gasteiger partial charge in [-0.3, -0.25) is 0 Å². The summed E-state index contributed by atoms with van der Waals surface area (Å²) in [5.74, 6) is -0.275. The SMILES string of the molecule is Cc1ccc(C(C)NC(=O)NCCCOCCO)cc1F. The Morgan fingerprint density at radius 2 is 2.19 bits per heavy atom. The van der Waals surface area contributed by atoms with Crippen molar-refractivity contribution in [1.82, 2.24) is 10.6 Å². The number of urea groups is 1. The fraction of sp³-hybridized carbons (Fsp3) is 0.533. The van der Waals surface area contributed by atoms with Crippen molar-refractivity contribution >= 4 is 6.03 Å². The summed E-state index contributed by atoms with van der Waals surface area (Å²) in [5, 5.41) is 14.0. The molecule has 0 spiro atoms. The fourth-order valence-corrected chi connectivity index (χ4v) is 1.75. The monoisotopic (exact) mass is 298 g/mol. The second kappa shape index (κ2) is 9.31. The van der Waals surface area contributed by atoms with Crippen LogP contribution in [0.25, 0.3) is 0 Å². The lowest BCUT2D eigenvalue weighted by Crippen LogP contribution is -2.37. The van der Waals surface area contributed by atoms with E-state index in [4.69, 9.17) is 9.84 Å². The Kier molecular flexibility index (Phi) is 7.71. The second-order valence-corrected chi connectivity index (χ2v) is 4.82. The van der Waals surface area contributed by atoms with Crippen molar-refractivity contribution in [2.24, 2.45) is 0 Å². The summed E-state index contributed by atoms with van der Waals surface area (Å²) in [6.45, 7) is 4.77. The van der Waals surface area contributed by atoms with E-state index in [1.165, 1.54) is 6.07 Å². The normalized spacial score (nSPS) is 12.0. The summed E-state index contributed by atoms with van der Waals surface area (Å²) < 4.78 is 18.5. The van der Waals surface area contributed by atoms with Gasteiger partial charge >= 0.3 is 6.03 Å². The van der Waals surface area contributed by atoms with E-state index in [1.54, 1.807) is 26.0 Å². The largest absolute Gasteiger partial charge is 0.394 e. The number of aliphatic hydroxyl groups is 1. The van der Waals surface area contributed by atoms with E-state index < -0.39 is 0 Å². The maximum absolute atomic E-state index is 13.5. The third kappa shape index (κ3) is 6.55. The van der Waals surface area contributed by atoms with E-state index in [2.05, 4.69) is 10.6 Å². The van der Waals surface area contributed by atoms with Gasteiger partial charge in [-0.25, -0.2) is 9.18 Å². The quantitative estimate of drug-likeness (QED) is 0.642. The maximum Gasteiger partial charge on any atom is 0.315 e. The lowest BCUT2D eigenvalue weighted by atomic mass is 10.1. The van der Waals surface area contributed by atoms with Gasteiger partial charge in [-0.15, -0.1) is 0 Å². The van der Waals surface area contributed by atoms with Gasteiger partial charge in [0.05, 0.1) is 19.3 Å². The zero-order valence-corrected chi connectivity index (χ0v) is 12.5. The summed E-state index contributed by atoms with van der Waals surface area (Å²) in [5.41, 5.74) is 1.30. The number of rotatable bonds is 8. The number of halogens is 1. The smallest absolute Gasteiger partial charge is 0.315 e. The van der Waals surface area contributed by atoms with Crippen LogP contribution in [-0.2, 0) is 4.74 Å². The first kappa shape index (κ1) is 17.4. The number of hydrogen-bond donors (Lipinski definition) is 3. The third-order valence-electron chi connectivity index (χ3n) is 3.03. The minimum Gasteiger partial charge on any atom is -0.394 e. The zero-order chi connectivity index (χ0) is 15.7. The molecule has 0 aromatic heterocycles. The van der Waals surface area contributed by atoms with Crippen LogP contribution in [0.5, 0.6) is 0 Å². The van der Waals surface area contributed by atoms with Gasteiger partial charge in [-0.2, -0.15) is 0 Å². The number of aryl methyl sites for hydroxylation is 1. The molecule has 1 aromatic rings. The molecule has 0 heterocycles. The van der Waals surface area contributed by atoms with Crippen LogP contribution in [0, 0.1) is 12.7 Å². The molecule has 6 heteroatoms. The Morgan fingerprint density at radius 1 is 1.43 bits per heavy atom. The van der Waals surface area contributed by atoms with Crippen molar-refractivity contribution < 1.29 is 19.0 Å². The highest BCUT2D eigenvalue weighted by Gasteiger charge is 2.10. The average molecular weight is 298 g/mol. The molecule has 1 atom stereocenters. The molecular weight excluding hydrogens is 275 g/mol. The van der Waals surface area contributed by atoms with Gasteiger partial charge in [0.15, 0.2) is 0 Å². The first-order valence-corrected chi connectivity index (χ1v) is 7.03. The van der Waals surface area contributed by atoms with Crippen molar-refractivity contribution in [3.63, 3.8) is 0 Å². The van der Waals surface area contributed by atoms with Crippen LogP contribution in [0.15, 0.2) is 18.2 Å². The van der Waals surface area contributed by atoms with Gasteiger partial charge in [-0.05, 0) is 37.5 Å². The van der Waals surface area contributed by atoms with Gasteiger partial charge in [0.2, 0.25) is 0 Å². The molecule has 21 heavy (non-hydrogen) atoms. The molecule has 0 fully saturated rings. The molecule has 2 amide bonds. The lowest BCUT2D eigenvalue weighted by Gasteiger charge is -2.15. The zero-order valence-electron chi connectivity index (χ0n) is 12.5. The molecule has 0 aliphatic heterocycles. The van der Waals surface area contributed by atoms with Gasteiger partial charge in [0.1, 0.15) is 5.82 Å². The summed E-state index contributed by atoms with van der Waals surface area (Å²) >= 11 is 0. The van der Waals surface area contributed by atoms with Crippen molar-refractivity contribution in [2.45, 2.75) is 26.3 Å². The molecule has 5 nitrogen and oxygen atoms in total. The number of ether oxygens (including phenoxy) is 1. The highest BCUT2D eigenvalue weighted by molar-refractivity contribution is 5.74. The first-order chi connectivity index (χ1) is 10.0. The Labute approximate surface area is 124 Å². The van der Waals surface area contributed by atoms with Crippen LogP contribution in [0.1, 0.15) is 30.5 Å². The van der Waals surface area contributed by atoms with E-state index in [0.717, 1.165) is 5.56 Å². The van der Waals surface area contributed by atoms with Gasteiger partial charge in [0, 0.05) is 13.2 Å². The van der Waals surface area contributed by atoms with E-state index in [-0.39, 0.29) is 24.5 Å². The molecule has 0 aliphatic carbocycles. The highest BCUT2D eigenvalue weighted by Crippen LogP contribution is 2.15. The predicted octanol–water partition coefficient (Wildman–Crippen LogP) is 1.89. The lowest BCUT2D eigenvalue weighted by molar-refractivity contribution is 0.0909. The Bertz CT molecular complexity index is 455. The number of aliphatic hydroxyl groups excluding tert-OH is 1. The predicted molar refractivity (Wildman–Crippen MR) is 78.6 cm³/mol. The Hall–Kier alpha value is -1.66. The minimum absolute atomic E-state index is 0.00145. The Morgan fingerprint density at radius 3 is 2.86 bits per heavy atom. The Balaban J connectivity index is 2.28. The number of carbonyl (C=O) groups excluding carboxylic acids is 1. The number of nitrogens with one attached hydrogen (secondary N) is 2. The van der Waals surface area contributed by atoms with E-state index >= 15 is 0 Å². The molecule has 3 N–H and O–H groups in total. The van der Waals surface area contributed by atoms with E-state index in [1.807, 2.05) is 0 Å². The molecule has 0 aliphatic rings.